The summed E-state index contributed by atoms with van der Waals surface area (Å²) in [5.41, 5.74) is 8.10. The van der Waals surface area contributed by atoms with Gasteiger partial charge in [0.1, 0.15) is 29.6 Å². The largest absolute Gasteiger partial charge is 0.406 e. The Bertz CT molecular complexity index is 1340. The normalized spacial score (nSPS) is 19.7. The average Bonchev–Trinajstić information content (AvgIpc) is 3.37. The second-order valence-electron chi connectivity index (χ2n) is 8.23. The number of anilines is 2. The molecule has 0 amide bonds. The third-order valence-electron chi connectivity index (χ3n) is 5.68. The number of rotatable bonds is 4. The van der Waals surface area contributed by atoms with Crippen LogP contribution in [0.25, 0.3) is 27.9 Å². The molecule has 0 bridgehead atoms. The Morgan fingerprint density at radius 2 is 1.94 bits per heavy atom. The first-order chi connectivity index (χ1) is 15.6. The lowest BCUT2D eigenvalue weighted by molar-refractivity contribution is -0.140. The Morgan fingerprint density at radius 3 is 2.64 bits per heavy atom. The summed E-state index contributed by atoms with van der Waals surface area (Å²) in [4.78, 5) is 14.8. The van der Waals surface area contributed by atoms with Gasteiger partial charge < -0.3 is 20.5 Å². The van der Waals surface area contributed by atoms with Gasteiger partial charge in [-0.1, -0.05) is 0 Å². The van der Waals surface area contributed by atoms with E-state index < -0.39 is 24.9 Å². The van der Waals surface area contributed by atoms with Crippen LogP contribution in [0.5, 0.6) is 0 Å². The Balaban J connectivity index is 1.53. The van der Waals surface area contributed by atoms with Gasteiger partial charge in [-0.15, -0.1) is 5.10 Å². The fraction of sp³-hybridized carbons (Fsp3) is 0.400. The minimum absolute atomic E-state index is 0.124. The number of likely N-dealkylation sites (N-methyl/N-ethyl adjacent to an activating group) is 1. The Labute approximate surface area is 185 Å². The number of aromatic nitrogens is 6. The van der Waals surface area contributed by atoms with Gasteiger partial charge in [0.2, 0.25) is 5.95 Å². The zero-order chi connectivity index (χ0) is 23.5. The van der Waals surface area contributed by atoms with E-state index in [-0.39, 0.29) is 23.2 Å². The lowest BCUT2D eigenvalue weighted by Crippen LogP contribution is -2.30. The number of likely N-dealkylation sites (tertiary alicyclic amines) is 1. The number of pyridine rings is 1. The molecular weight excluding hydrogens is 442 g/mol. The minimum Gasteiger partial charge on any atom is -0.382 e. The average molecular weight is 463 g/mol. The van der Waals surface area contributed by atoms with Crippen molar-refractivity contribution in [3.8, 4) is 11.3 Å². The second-order valence-corrected chi connectivity index (χ2v) is 8.23. The van der Waals surface area contributed by atoms with E-state index in [0.717, 1.165) is 4.57 Å². The molecule has 9 nitrogen and oxygen atoms in total. The number of nitrogen functional groups attached to an aromatic ring is 1. The van der Waals surface area contributed by atoms with Crippen LogP contribution in [0.4, 0.5) is 29.3 Å². The molecule has 2 atom stereocenters. The second kappa shape index (κ2) is 7.54. The van der Waals surface area contributed by atoms with E-state index in [9.17, 15) is 17.6 Å². The van der Waals surface area contributed by atoms with Crippen LogP contribution in [0.2, 0.25) is 0 Å². The van der Waals surface area contributed by atoms with Crippen LogP contribution in [0, 0.1) is 6.92 Å². The third-order valence-corrected chi connectivity index (χ3v) is 5.68. The van der Waals surface area contributed by atoms with Gasteiger partial charge in [-0.3, -0.25) is 0 Å². The van der Waals surface area contributed by atoms with Gasteiger partial charge in [0.15, 0.2) is 11.5 Å². The highest BCUT2D eigenvalue weighted by atomic mass is 19.4. The summed E-state index contributed by atoms with van der Waals surface area (Å²) in [7, 11) is 1.83. The number of nitrogens with two attached hydrogens (primary N) is 1. The van der Waals surface area contributed by atoms with E-state index in [1.807, 2.05) is 11.9 Å². The summed E-state index contributed by atoms with van der Waals surface area (Å²) >= 11 is 0. The van der Waals surface area contributed by atoms with Crippen LogP contribution in [0.15, 0.2) is 24.4 Å². The molecule has 1 aliphatic rings. The molecule has 0 radical (unpaired) electrons. The Morgan fingerprint density at radius 1 is 1.15 bits per heavy atom. The van der Waals surface area contributed by atoms with Crippen LogP contribution < -0.4 is 11.1 Å². The molecular formula is C20H21F4N9. The van der Waals surface area contributed by atoms with E-state index in [1.54, 1.807) is 24.4 Å². The van der Waals surface area contributed by atoms with Crippen molar-refractivity contribution < 1.29 is 17.6 Å². The minimum atomic E-state index is -4.41. The van der Waals surface area contributed by atoms with Crippen molar-refractivity contribution in [2.24, 2.45) is 0 Å². The first kappa shape index (κ1) is 21.4. The molecule has 5 rings (SSSR count). The summed E-state index contributed by atoms with van der Waals surface area (Å²) in [5.74, 6) is 0.541. The van der Waals surface area contributed by atoms with Crippen molar-refractivity contribution in [1.82, 2.24) is 34.0 Å². The van der Waals surface area contributed by atoms with E-state index in [4.69, 9.17) is 5.73 Å². The molecule has 3 N–H and O–H groups in total. The first-order valence-electron chi connectivity index (χ1n) is 10.2. The van der Waals surface area contributed by atoms with Crippen LogP contribution in [-0.4, -0.2) is 72.6 Å². The zero-order valence-electron chi connectivity index (χ0n) is 17.8. The van der Waals surface area contributed by atoms with Crippen LogP contribution in [0.1, 0.15) is 5.82 Å². The summed E-state index contributed by atoms with van der Waals surface area (Å²) < 4.78 is 55.8. The standard InChI is InChI=1S/C20H21F4N9/c1-10-26-14-4-3-13(27-18(14)32(10)9-20(22,23)24)11-5-6-33-16(11)17(25)29-19(30-33)28-15-8-31(2)7-12(15)21/h3-6,12,15H,7-9H2,1-2H3,(H3,25,28,29,30)/t12-,15+/m0/s1. The van der Waals surface area contributed by atoms with Crippen LogP contribution >= 0.6 is 0 Å². The summed E-state index contributed by atoms with van der Waals surface area (Å²) in [6.07, 6.45) is -3.82. The number of fused-ring (bicyclic) bond motifs is 2. The molecule has 4 aromatic rings. The molecule has 5 heterocycles. The molecule has 1 aliphatic heterocycles. The number of alkyl halides is 4. The fourth-order valence-corrected chi connectivity index (χ4v) is 4.21. The van der Waals surface area contributed by atoms with Gasteiger partial charge in [-0.05, 0) is 32.2 Å². The predicted molar refractivity (Wildman–Crippen MR) is 115 cm³/mol. The van der Waals surface area contributed by atoms with Crippen LogP contribution in [-0.2, 0) is 6.54 Å². The molecule has 33 heavy (non-hydrogen) atoms. The Kier molecular flexibility index (Phi) is 4.88. The molecule has 0 aromatic carbocycles. The molecule has 174 valence electrons. The molecule has 0 saturated carbocycles. The fourth-order valence-electron chi connectivity index (χ4n) is 4.21. The number of aryl methyl sites for hydroxylation is 1. The first-order valence-corrected chi connectivity index (χ1v) is 10.2. The van der Waals surface area contributed by atoms with Gasteiger partial charge in [-0.25, -0.2) is 18.9 Å². The van der Waals surface area contributed by atoms with Crippen molar-refractivity contribution in [3.05, 3.63) is 30.2 Å². The SMILES string of the molecule is Cc1nc2ccc(-c3ccn4nc(N[C@@H]5CN(C)C[C@@H]5F)nc(N)c34)nc2n1CC(F)(F)F. The number of hydrogen-bond donors (Lipinski definition) is 2. The number of nitrogens with one attached hydrogen (secondary N) is 1. The van der Waals surface area contributed by atoms with Gasteiger partial charge in [0.25, 0.3) is 0 Å². The zero-order valence-corrected chi connectivity index (χ0v) is 17.8. The van der Waals surface area contributed by atoms with Crippen molar-refractivity contribution in [1.29, 1.82) is 0 Å². The molecule has 1 fully saturated rings. The maximum absolute atomic E-state index is 14.1. The molecule has 0 unspecified atom stereocenters. The number of hydrogen-bond acceptors (Lipinski definition) is 7. The highest BCUT2D eigenvalue weighted by Crippen LogP contribution is 2.30. The van der Waals surface area contributed by atoms with Crippen molar-refractivity contribution >= 4 is 28.4 Å². The lowest BCUT2D eigenvalue weighted by Gasteiger charge is -2.15. The topological polar surface area (TPSA) is 102 Å². The van der Waals surface area contributed by atoms with E-state index in [1.165, 1.54) is 11.4 Å². The van der Waals surface area contributed by atoms with Gasteiger partial charge in [-0.2, -0.15) is 18.2 Å². The van der Waals surface area contributed by atoms with Crippen LogP contribution in [0.3, 0.4) is 0 Å². The summed E-state index contributed by atoms with van der Waals surface area (Å²) in [6.45, 7) is 1.15. The summed E-state index contributed by atoms with van der Waals surface area (Å²) in [5, 5.41) is 7.36. The van der Waals surface area contributed by atoms with Gasteiger partial charge >= 0.3 is 6.18 Å². The predicted octanol–water partition coefficient (Wildman–Crippen LogP) is 2.66. The maximum Gasteiger partial charge on any atom is 0.406 e. The molecule has 0 spiro atoms. The van der Waals surface area contributed by atoms with Crippen molar-refractivity contribution in [3.63, 3.8) is 0 Å². The molecule has 13 heteroatoms. The maximum atomic E-state index is 14.1. The van der Waals surface area contributed by atoms with Crippen molar-refractivity contribution in [2.75, 3.05) is 31.2 Å². The molecule has 1 saturated heterocycles. The smallest absolute Gasteiger partial charge is 0.382 e. The number of halogens is 4. The lowest BCUT2D eigenvalue weighted by atomic mass is 10.2. The summed E-state index contributed by atoms with van der Waals surface area (Å²) in [6, 6.07) is 4.53. The van der Waals surface area contributed by atoms with E-state index in [2.05, 4.69) is 25.4 Å². The van der Waals surface area contributed by atoms with E-state index in [0.29, 0.717) is 35.4 Å². The number of imidazole rings is 1. The number of nitrogens with zero attached hydrogens (tertiary/aromatic N) is 7. The molecule has 0 aliphatic carbocycles. The molecule has 4 aromatic heterocycles. The highest BCUT2D eigenvalue weighted by Gasteiger charge is 2.32. The quantitative estimate of drug-likeness (QED) is 0.449. The van der Waals surface area contributed by atoms with E-state index >= 15 is 0 Å². The monoisotopic (exact) mass is 463 g/mol. The van der Waals surface area contributed by atoms with Gasteiger partial charge in [0, 0.05) is 24.8 Å². The van der Waals surface area contributed by atoms with Crippen molar-refractivity contribution in [2.45, 2.75) is 31.9 Å². The third kappa shape index (κ3) is 3.92. The van der Waals surface area contributed by atoms with Gasteiger partial charge in [0.05, 0.1) is 11.7 Å². The Hall–Kier alpha value is -3.48. The highest BCUT2D eigenvalue weighted by molar-refractivity contribution is 5.88.